The summed E-state index contributed by atoms with van der Waals surface area (Å²) in [5, 5.41) is 1.94. The Labute approximate surface area is 164 Å². The van der Waals surface area contributed by atoms with E-state index in [-0.39, 0.29) is 18.4 Å². The van der Waals surface area contributed by atoms with Crippen molar-refractivity contribution in [1.29, 1.82) is 0 Å². The smallest absolute Gasteiger partial charge is 0.338 e. The molecule has 0 aliphatic rings. The number of nitrogens with zero attached hydrogens (tertiary/aromatic N) is 2. The van der Waals surface area contributed by atoms with Crippen molar-refractivity contribution >= 4 is 50.8 Å². The van der Waals surface area contributed by atoms with E-state index in [1.807, 2.05) is 17.5 Å². The summed E-state index contributed by atoms with van der Waals surface area (Å²) in [6.45, 7) is 2.35. The van der Waals surface area contributed by atoms with Gasteiger partial charge in [-0.1, -0.05) is 23.3 Å². The third-order valence-electron chi connectivity index (χ3n) is 3.58. The number of carbonyl (C=O) groups is 2. The molecule has 0 N–H and O–H groups in total. The minimum Gasteiger partial charge on any atom is -0.462 e. The van der Waals surface area contributed by atoms with E-state index in [1.165, 1.54) is 17.4 Å². The van der Waals surface area contributed by atoms with E-state index in [9.17, 15) is 9.59 Å². The predicted octanol–water partition coefficient (Wildman–Crippen LogP) is 3.71. The maximum absolute atomic E-state index is 12.2. The van der Waals surface area contributed by atoms with Gasteiger partial charge in [0.15, 0.2) is 4.80 Å². The van der Waals surface area contributed by atoms with Gasteiger partial charge in [0.1, 0.15) is 0 Å². The van der Waals surface area contributed by atoms with Crippen LogP contribution in [0.25, 0.3) is 16.3 Å². The van der Waals surface area contributed by atoms with Crippen LogP contribution in [0.2, 0.25) is 0 Å². The van der Waals surface area contributed by atoms with Crippen LogP contribution in [0, 0.1) is 12.3 Å². The second kappa shape index (κ2) is 8.62. The topological polar surface area (TPSA) is 60.7 Å². The van der Waals surface area contributed by atoms with Gasteiger partial charge >= 0.3 is 5.97 Å². The van der Waals surface area contributed by atoms with Gasteiger partial charge in [-0.05, 0) is 42.6 Å². The number of esters is 1. The number of aromatic nitrogens is 1. The molecule has 27 heavy (non-hydrogen) atoms. The zero-order valence-electron chi connectivity index (χ0n) is 14.5. The molecule has 0 saturated heterocycles. The molecule has 1 amide bonds. The molecule has 0 atom stereocenters. The fourth-order valence-corrected chi connectivity index (χ4v) is 4.11. The molecule has 0 radical (unpaired) electrons. The summed E-state index contributed by atoms with van der Waals surface area (Å²) in [7, 11) is 0. The summed E-state index contributed by atoms with van der Waals surface area (Å²) >= 11 is 2.85. The van der Waals surface area contributed by atoms with Crippen LogP contribution >= 0.6 is 22.7 Å². The zero-order chi connectivity index (χ0) is 19.2. The first kappa shape index (κ1) is 18.8. The number of fused-ring (bicyclic) bond motifs is 1. The van der Waals surface area contributed by atoms with E-state index >= 15 is 0 Å². The van der Waals surface area contributed by atoms with Crippen LogP contribution in [-0.4, -0.2) is 23.1 Å². The summed E-state index contributed by atoms with van der Waals surface area (Å²) in [4.78, 5) is 29.8. The summed E-state index contributed by atoms with van der Waals surface area (Å²) in [5.74, 6) is 1.82. The molecule has 0 spiro atoms. The van der Waals surface area contributed by atoms with E-state index in [1.54, 1.807) is 47.1 Å². The number of hydrogen-bond acceptors (Lipinski definition) is 5. The molecule has 3 aromatic rings. The number of terminal acetylenes is 1. The molecule has 136 valence electrons. The molecule has 2 aromatic heterocycles. The highest BCUT2D eigenvalue weighted by atomic mass is 32.1. The van der Waals surface area contributed by atoms with E-state index in [0.717, 1.165) is 15.1 Å². The van der Waals surface area contributed by atoms with Gasteiger partial charge in [-0.3, -0.25) is 4.79 Å². The number of amides is 1. The summed E-state index contributed by atoms with van der Waals surface area (Å²) in [5.41, 5.74) is 1.27. The highest BCUT2D eigenvalue weighted by Gasteiger charge is 2.11. The van der Waals surface area contributed by atoms with Crippen molar-refractivity contribution in [2.45, 2.75) is 13.5 Å². The van der Waals surface area contributed by atoms with Crippen molar-refractivity contribution in [3.05, 3.63) is 57.0 Å². The Balaban J connectivity index is 2.00. The molecule has 0 saturated carbocycles. The summed E-state index contributed by atoms with van der Waals surface area (Å²) in [6.07, 6.45) is 8.63. The van der Waals surface area contributed by atoms with Crippen molar-refractivity contribution < 1.29 is 14.3 Å². The third kappa shape index (κ3) is 4.42. The lowest BCUT2D eigenvalue weighted by Crippen LogP contribution is -2.15. The lowest BCUT2D eigenvalue weighted by molar-refractivity contribution is -0.113. The van der Waals surface area contributed by atoms with Crippen LogP contribution in [-0.2, 0) is 16.1 Å². The number of benzene rings is 1. The number of hydrogen-bond donors (Lipinski definition) is 0. The molecule has 0 aliphatic heterocycles. The van der Waals surface area contributed by atoms with Crippen molar-refractivity contribution in [2.24, 2.45) is 4.99 Å². The fourth-order valence-electron chi connectivity index (χ4n) is 2.42. The predicted molar refractivity (Wildman–Crippen MR) is 109 cm³/mol. The number of carbonyl (C=O) groups excluding carboxylic acids is 2. The molecular weight excluding hydrogens is 380 g/mol. The van der Waals surface area contributed by atoms with Crippen molar-refractivity contribution in [3.63, 3.8) is 0 Å². The number of ether oxygens (including phenoxy) is 1. The monoisotopic (exact) mass is 396 g/mol. The molecule has 5 nitrogen and oxygen atoms in total. The normalized spacial score (nSPS) is 11.8. The Morgan fingerprint density at radius 1 is 1.37 bits per heavy atom. The maximum Gasteiger partial charge on any atom is 0.338 e. The van der Waals surface area contributed by atoms with E-state index in [0.29, 0.717) is 17.0 Å². The lowest BCUT2D eigenvalue weighted by atomic mass is 10.2. The van der Waals surface area contributed by atoms with Crippen molar-refractivity contribution in [3.8, 4) is 12.3 Å². The van der Waals surface area contributed by atoms with Crippen LogP contribution < -0.4 is 4.80 Å². The lowest BCUT2D eigenvalue weighted by Gasteiger charge is -2.02. The van der Waals surface area contributed by atoms with E-state index in [4.69, 9.17) is 11.2 Å². The second-order valence-corrected chi connectivity index (χ2v) is 7.37. The molecule has 7 heteroatoms. The Hall–Kier alpha value is -2.95. The van der Waals surface area contributed by atoms with Crippen molar-refractivity contribution in [1.82, 2.24) is 4.57 Å². The highest BCUT2D eigenvalue weighted by molar-refractivity contribution is 7.16. The molecule has 1 aromatic carbocycles. The minimum atomic E-state index is -0.384. The van der Waals surface area contributed by atoms with E-state index < -0.39 is 0 Å². The molecule has 0 unspecified atom stereocenters. The minimum absolute atomic E-state index is 0.277. The van der Waals surface area contributed by atoms with E-state index in [2.05, 4.69) is 10.9 Å². The Bertz CT molecular complexity index is 1110. The van der Waals surface area contributed by atoms with Gasteiger partial charge < -0.3 is 9.30 Å². The largest absolute Gasteiger partial charge is 0.462 e. The van der Waals surface area contributed by atoms with Crippen LogP contribution in [0.4, 0.5) is 0 Å². The zero-order valence-corrected chi connectivity index (χ0v) is 16.2. The number of thiazole rings is 1. The number of rotatable bonds is 5. The average Bonchev–Trinajstić information content (AvgIpc) is 3.28. The summed E-state index contributed by atoms with van der Waals surface area (Å²) < 4.78 is 7.63. The van der Waals surface area contributed by atoms with Gasteiger partial charge in [-0.15, -0.1) is 17.8 Å². The van der Waals surface area contributed by atoms with Gasteiger partial charge in [0.2, 0.25) is 0 Å². The quantitative estimate of drug-likeness (QED) is 0.375. The Morgan fingerprint density at radius 2 is 2.22 bits per heavy atom. The molecule has 0 bridgehead atoms. The van der Waals surface area contributed by atoms with Crippen LogP contribution in [0.1, 0.15) is 22.2 Å². The molecule has 2 heterocycles. The van der Waals surface area contributed by atoms with Crippen LogP contribution in [0.5, 0.6) is 0 Å². The first-order chi connectivity index (χ1) is 13.1. The highest BCUT2D eigenvalue weighted by Crippen LogP contribution is 2.20. The second-order valence-electron chi connectivity index (χ2n) is 5.38. The molecule has 0 aliphatic carbocycles. The summed E-state index contributed by atoms with van der Waals surface area (Å²) in [6, 6.07) is 9.04. The number of thiophene rings is 1. The van der Waals surface area contributed by atoms with Crippen molar-refractivity contribution in [2.75, 3.05) is 6.61 Å². The first-order valence-corrected chi connectivity index (χ1v) is 9.86. The Kier molecular flexibility index (Phi) is 6.01. The van der Waals surface area contributed by atoms with Gasteiger partial charge in [0.25, 0.3) is 5.91 Å². The van der Waals surface area contributed by atoms with Crippen LogP contribution in [0.15, 0.2) is 46.8 Å². The van der Waals surface area contributed by atoms with Gasteiger partial charge in [0, 0.05) is 11.0 Å². The van der Waals surface area contributed by atoms with Gasteiger partial charge in [-0.25, -0.2) is 4.79 Å². The third-order valence-corrected chi connectivity index (χ3v) is 5.46. The average molecular weight is 396 g/mol. The molecule has 3 rings (SSSR count). The van der Waals surface area contributed by atoms with Gasteiger partial charge in [-0.2, -0.15) is 4.99 Å². The fraction of sp³-hybridized carbons (Fsp3) is 0.150. The van der Waals surface area contributed by atoms with Crippen LogP contribution in [0.3, 0.4) is 0 Å². The molecule has 0 fully saturated rings. The molecular formula is C20H16N2O3S2. The Morgan fingerprint density at radius 3 is 2.93 bits per heavy atom. The van der Waals surface area contributed by atoms with Gasteiger partial charge in [0.05, 0.1) is 28.9 Å². The SMILES string of the molecule is C#CCn1c(=NC(=O)C=Cc2cccs2)sc2cc(C(=O)OCC)ccc21. The standard InChI is InChI=1S/C20H16N2O3S2/c1-3-11-22-16-9-7-14(19(24)25-4-2)13-17(16)27-20(22)21-18(23)10-8-15-6-5-12-26-15/h1,5-10,12-13H,4,11H2,2H3. The maximum atomic E-state index is 12.2. The first-order valence-electron chi connectivity index (χ1n) is 8.16.